The molecular formula is C18H20BrNO3. The third-order valence-corrected chi connectivity index (χ3v) is 4.23. The lowest BCUT2D eigenvalue weighted by atomic mass is 10.1. The third-order valence-electron chi connectivity index (χ3n) is 3.53. The zero-order valence-corrected chi connectivity index (χ0v) is 15.1. The first-order valence-electron chi connectivity index (χ1n) is 7.30. The Bertz CT molecular complexity index is 701. The van der Waals surface area contributed by atoms with Crippen molar-refractivity contribution in [3.63, 3.8) is 0 Å². The maximum absolute atomic E-state index is 12.3. The number of amides is 1. The molecule has 0 aliphatic rings. The molecule has 0 spiro atoms. The minimum Gasteiger partial charge on any atom is -0.497 e. The Morgan fingerprint density at radius 1 is 1.13 bits per heavy atom. The molecule has 23 heavy (non-hydrogen) atoms. The van der Waals surface area contributed by atoms with Gasteiger partial charge in [0.15, 0.2) is 0 Å². The molecule has 0 atom stereocenters. The van der Waals surface area contributed by atoms with Crippen LogP contribution in [0, 0.1) is 6.92 Å². The summed E-state index contributed by atoms with van der Waals surface area (Å²) < 4.78 is 11.3. The summed E-state index contributed by atoms with van der Waals surface area (Å²) in [6, 6.07) is 11.4. The maximum atomic E-state index is 12.3. The van der Waals surface area contributed by atoms with Crippen molar-refractivity contribution in [3.05, 3.63) is 57.6 Å². The van der Waals surface area contributed by atoms with E-state index in [1.807, 2.05) is 19.1 Å². The highest BCUT2D eigenvalue weighted by Crippen LogP contribution is 2.23. The van der Waals surface area contributed by atoms with E-state index in [9.17, 15) is 4.79 Å². The van der Waals surface area contributed by atoms with Crippen LogP contribution in [0.4, 0.5) is 0 Å². The molecular weight excluding hydrogens is 358 g/mol. The quantitative estimate of drug-likeness (QED) is 0.833. The number of halogens is 1. The van der Waals surface area contributed by atoms with E-state index < -0.39 is 0 Å². The van der Waals surface area contributed by atoms with Gasteiger partial charge in [0.2, 0.25) is 0 Å². The fraction of sp³-hybridized carbons (Fsp3) is 0.278. The lowest BCUT2D eigenvalue weighted by molar-refractivity contribution is 0.0953. The summed E-state index contributed by atoms with van der Waals surface area (Å²) in [7, 11) is 3.23. The largest absolute Gasteiger partial charge is 0.497 e. The molecule has 1 amide bonds. The molecule has 4 nitrogen and oxygen atoms in total. The summed E-state index contributed by atoms with van der Waals surface area (Å²) in [6.45, 7) is 2.57. The fourth-order valence-electron chi connectivity index (χ4n) is 2.31. The van der Waals surface area contributed by atoms with Crippen LogP contribution in [0.25, 0.3) is 0 Å². The van der Waals surface area contributed by atoms with Crippen LogP contribution in [0.2, 0.25) is 0 Å². The molecule has 2 aromatic carbocycles. The Hall–Kier alpha value is -2.01. The summed E-state index contributed by atoms with van der Waals surface area (Å²) in [6.07, 6.45) is 0.707. The van der Waals surface area contributed by atoms with Crippen LogP contribution < -0.4 is 14.8 Å². The van der Waals surface area contributed by atoms with Crippen LogP contribution >= 0.6 is 15.9 Å². The van der Waals surface area contributed by atoms with Crippen molar-refractivity contribution in [1.29, 1.82) is 0 Å². The van der Waals surface area contributed by atoms with Gasteiger partial charge in [0.05, 0.1) is 19.8 Å². The van der Waals surface area contributed by atoms with Crippen molar-refractivity contribution in [1.82, 2.24) is 5.32 Å². The van der Waals surface area contributed by atoms with Gasteiger partial charge in [-0.1, -0.05) is 17.7 Å². The lowest BCUT2D eigenvalue weighted by Crippen LogP contribution is -2.26. The molecule has 0 heterocycles. The molecule has 0 fully saturated rings. The first kappa shape index (κ1) is 17.3. The Labute approximate surface area is 144 Å². The van der Waals surface area contributed by atoms with Gasteiger partial charge in [0, 0.05) is 11.0 Å². The number of carbonyl (C=O) groups is 1. The van der Waals surface area contributed by atoms with Gasteiger partial charge < -0.3 is 14.8 Å². The Kier molecular flexibility index (Phi) is 6.04. The Balaban J connectivity index is 2.01. The van der Waals surface area contributed by atoms with Gasteiger partial charge in [-0.2, -0.15) is 0 Å². The van der Waals surface area contributed by atoms with E-state index in [2.05, 4.69) is 27.3 Å². The van der Waals surface area contributed by atoms with Gasteiger partial charge in [-0.15, -0.1) is 0 Å². The first-order chi connectivity index (χ1) is 11.0. The SMILES string of the molecule is COc1ccc(Br)c(C(=O)NCCc2cc(C)ccc2OC)c1. The molecule has 0 unspecified atom stereocenters. The van der Waals surface area contributed by atoms with Gasteiger partial charge in [-0.3, -0.25) is 4.79 Å². The maximum Gasteiger partial charge on any atom is 0.252 e. The monoisotopic (exact) mass is 377 g/mol. The number of rotatable bonds is 6. The zero-order chi connectivity index (χ0) is 16.8. The Morgan fingerprint density at radius 2 is 1.91 bits per heavy atom. The molecule has 0 aliphatic carbocycles. The molecule has 0 aromatic heterocycles. The van der Waals surface area contributed by atoms with E-state index in [1.165, 1.54) is 5.56 Å². The predicted octanol–water partition coefficient (Wildman–Crippen LogP) is 3.75. The smallest absolute Gasteiger partial charge is 0.252 e. The van der Waals surface area contributed by atoms with E-state index in [-0.39, 0.29) is 5.91 Å². The normalized spacial score (nSPS) is 10.3. The van der Waals surface area contributed by atoms with Crippen molar-refractivity contribution >= 4 is 21.8 Å². The minimum absolute atomic E-state index is 0.137. The Morgan fingerprint density at radius 3 is 2.61 bits per heavy atom. The molecule has 1 N–H and O–H groups in total. The molecule has 0 bridgehead atoms. The fourth-order valence-corrected chi connectivity index (χ4v) is 2.74. The molecule has 2 rings (SSSR count). The third kappa shape index (κ3) is 4.48. The number of benzene rings is 2. The second kappa shape index (κ2) is 8.02. The summed E-state index contributed by atoms with van der Waals surface area (Å²) in [5.41, 5.74) is 2.81. The van der Waals surface area contributed by atoms with Crippen LogP contribution in [0.1, 0.15) is 21.5 Å². The van der Waals surface area contributed by atoms with Crippen LogP contribution in [0.15, 0.2) is 40.9 Å². The number of aryl methyl sites for hydroxylation is 1. The van der Waals surface area contributed by atoms with Crippen molar-refractivity contribution in [3.8, 4) is 11.5 Å². The van der Waals surface area contributed by atoms with Crippen molar-refractivity contribution < 1.29 is 14.3 Å². The van der Waals surface area contributed by atoms with E-state index in [0.717, 1.165) is 15.8 Å². The van der Waals surface area contributed by atoms with Crippen molar-refractivity contribution in [2.24, 2.45) is 0 Å². The van der Waals surface area contributed by atoms with Gasteiger partial charge >= 0.3 is 0 Å². The van der Waals surface area contributed by atoms with E-state index in [4.69, 9.17) is 9.47 Å². The topological polar surface area (TPSA) is 47.6 Å². The van der Waals surface area contributed by atoms with Gasteiger partial charge in [0.25, 0.3) is 5.91 Å². The van der Waals surface area contributed by atoms with Crippen LogP contribution in [-0.2, 0) is 6.42 Å². The first-order valence-corrected chi connectivity index (χ1v) is 8.09. The van der Waals surface area contributed by atoms with Crippen LogP contribution in [0.5, 0.6) is 11.5 Å². The molecule has 122 valence electrons. The number of ether oxygens (including phenoxy) is 2. The van der Waals surface area contributed by atoms with Crippen molar-refractivity contribution in [2.45, 2.75) is 13.3 Å². The molecule has 5 heteroatoms. The lowest BCUT2D eigenvalue weighted by Gasteiger charge is -2.11. The molecule has 0 saturated heterocycles. The van der Waals surface area contributed by atoms with E-state index in [1.54, 1.807) is 32.4 Å². The van der Waals surface area contributed by atoms with E-state index in [0.29, 0.717) is 24.3 Å². The number of hydrogen-bond donors (Lipinski definition) is 1. The van der Waals surface area contributed by atoms with Gasteiger partial charge in [-0.05, 0) is 59.1 Å². The average Bonchev–Trinajstić information content (AvgIpc) is 2.55. The van der Waals surface area contributed by atoms with Gasteiger partial charge in [-0.25, -0.2) is 0 Å². The molecule has 2 aromatic rings. The second-order valence-corrected chi connectivity index (χ2v) is 6.02. The molecule has 0 aliphatic heterocycles. The standard InChI is InChI=1S/C18H20BrNO3/c1-12-4-7-17(23-3)13(10-12)8-9-20-18(21)15-11-14(22-2)5-6-16(15)19/h4-7,10-11H,8-9H2,1-3H3,(H,20,21). The highest BCUT2D eigenvalue weighted by molar-refractivity contribution is 9.10. The highest BCUT2D eigenvalue weighted by atomic mass is 79.9. The number of nitrogens with one attached hydrogen (secondary N) is 1. The van der Waals surface area contributed by atoms with Crippen LogP contribution in [-0.4, -0.2) is 26.7 Å². The summed E-state index contributed by atoms with van der Waals surface area (Å²) >= 11 is 3.39. The van der Waals surface area contributed by atoms with Crippen molar-refractivity contribution in [2.75, 3.05) is 20.8 Å². The van der Waals surface area contributed by atoms with Crippen LogP contribution in [0.3, 0.4) is 0 Å². The summed E-state index contributed by atoms with van der Waals surface area (Å²) in [5.74, 6) is 1.36. The minimum atomic E-state index is -0.137. The molecule has 0 saturated carbocycles. The molecule has 0 radical (unpaired) electrons. The summed E-state index contributed by atoms with van der Waals surface area (Å²) in [5, 5.41) is 2.93. The summed E-state index contributed by atoms with van der Waals surface area (Å²) in [4.78, 5) is 12.3. The number of hydrogen-bond acceptors (Lipinski definition) is 3. The van der Waals surface area contributed by atoms with E-state index >= 15 is 0 Å². The number of carbonyl (C=O) groups excluding carboxylic acids is 1. The zero-order valence-electron chi connectivity index (χ0n) is 13.5. The predicted molar refractivity (Wildman–Crippen MR) is 94.5 cm³/mol. The number of methoxy groups -OCH3 is 2. The second-order valence-electron chi connectivity index (χ2n) is 5.17. The van der Waals surface area contributed by atoms with Gasteiger partial charge in [0.1, 0.15) is 11.5 Å². The highest BCUT2D eigenvalue weighted by Gasteiger charge is 2.11. The average molecular weight is 378 g/mol.